The zero-order chi connectivity index (χ0) is 13.7. The fourth-order valence-corrected chi connectivity index (χ4v) is 1.60. The molecular weight excluding hydrogens is 281 g/mol. The Morgan fingerprint density at radius 2 is 2.06 bits per heavy atom. The maximum Gasteiger partial charge on any atom is 0.323 e. The third-order valence-corrected chi connectivity index (χ3v) is 2.57. The third-order valence-electron chi connectivity index (χ3n) is 2.04. The lowest BCUT2D eigenvalue weighted by molar-refractivity contribution is -0.144. The number of benzene rings is 1. The summed E-state index contributed by atoms with van der Waals surface area (Å²) in [5.41, 5.74) is 0. The van der Waals surface area contributed by atoms with Crippen molar-refractivity contribution in [2.45, 2.75) is 0 Å². The van der Waals surface area contributed by atoms with Crippen LogP contribution in [-0.2, 0) is 9.59 Å². The first kappa shape index (κ1) is 14.6. The van der Waals surface area contributed by atoms with E-state index in [1.54, 1.807) is 6.07 Å². The Morgan fingerprint density at radius 3 is 2.61 bits per heavy atom. The van der Waals surface area contributed by atoms with Crippen molar-refractivity contribution in [3.05, 3.63) is 28.2 Å². The molecule has 0 unspecified atom stereocenters. The van der Waals surface area contributed by atoms with Crippen molar-refractivity contribution in [3.63, 3.8) is 0 Å². The van der Waals surface area contributed by atoms with Gasteiger partial charge < -0.3 is 14.7 Å². The predicted octanol–water partition coefficient (Wildman–Crippen LogP) is 1.92. The maximum atomic E-state index is 11.5. The molecule has 0 heterocycles. The van der Waals surface area contributed by atoms with Crippen molar-refractivity contribution in [2.24, 2.45) is 0 Å². The Morgan fingerprint density at radius 1 is 1.39 bits per heavy atom. The topological polar surface area (TPSA) is 66.8 Å². The second-order valence-corrected chi connectivity index (χ2v) is 4.35. The third kappa shape index (κ3) is 4.43. The first-order chi connectivity index (χ1) is 8.40. The molecule has 0 aliphatic rings. The number of aliphatic carboxylic acids is 1. The number of likely N-dealkylation sites (N-methyl/N-ethyl adjacent to an activating group) is 1. The number of carbonyl (C=O) groups excluding carboxylic acids is 1. The van der Waals surface area contributed by atoms with Gasteiger partial charge in [-0.15, -0.1) is 0 Å². The van der Waals surface area contributed by atoms with Crippen LogP contribution in [0, 0.1) is 0 Å². The average molecular weight is 292 g/mol. The maximum absolute atomic E-state index is 11.5. The highest BCUT2D eigenvalue weighted by Gasteiger charge is 2.13. The predicted molar refractivity (Wildman–Crippen MR) is 67.2 cm³/mol. The monoisotopic (exact) mass is 291 g/mol. The van der Waals surface area contributed by atoms with Gasteiger partial charge in [-0.1, -0.05) is 23.2 Å². The number of rotatable bonds is 5. The van der Waals surface area contributed by atoms with E-state index in [4.69, 9.17) is 33.0 Å². The van der Waals surface area contributed by atoms with E-state index in [9.17, 15) is 9.59 Å². The average Bonchev–Trinajstić information content (AvgIpc) is 2.26. The van der Waals surface area contributed by atoms with Crippen molar-refractivity contribution in [1.29, 1.82) is 0 Å². The van der Waals surface area contributed by atoms with Crippen LogP contribution in [-0.4, -0.2) is 42.1 Å². The van der Waals surface area contributed by atoms with E-state index in [1.807, 2.05) is 0 Å². The normalized spacial score (nSPS) is 9.94. The minimum absolute atomic E-state index is 0.287. The van der Waals surface area contributed by atoms with Crippen molar-refractivity contribution in [1.82, 2.24) is 4.90 Å². The summed E-state index contributed by atoms with van der Waals surface area (Å²) >= 11 is 11.6. The SMILES string of the molecule is CN(CC(=O)O)C(=O)COc1ccc(Cl)cc1Cl. The highest BCUT2D eigenvalue weighted by Crippen LogP contribution is 2.27. The molecule has 7 heteroatoms. The van der Waals surface area contributed by atoms with Gasteiger partial charge in [0.05, 0.1) is 5.02 Å². The van der Waals surface area contributed by atoms with Gasteiger partial charge in [0.15, 0.2) is 6.61 Å². The van der Waals surface area contributed by atoms with E-state index in [-0.39, 0.29) is 18.2 Å². The van der Waals surface area contributed by atoms with Crippen LogP contribution in [0.4, 0.5) is 0 Å². The number of carbonyl (C=O) groups is 2. The summed E-state index contributed by atoms with van der Waals surface area (Å²) in [6.07, 6.45) is 0. The van der Waals surface area contributed by atoms with Gasteiger partial charge in [0.2, 0.25) is 0 Å². The smallest absolute Gasteiger partial charge is 0.323 e. The van der Waals surface area contributed by atoms with Crippen molar-refractivity contribution >= 4 is 35.1 Å². The molecule has 0 saturated carbocycles. The minimum atomic E-state index is -1.09. The fraction of sp³-hybridized carbons (Fsp3) is 0.273. The number of amides is 1. The Bertz CT molecular complexity index is 464. The zero-order valence-electron chi connectivity index (χ0n) is 9.52. The van der Waals surface area contributed by atoms with Gasteiger partial charge in [0.25, 0.3) is 5.91 Å². The highest BCUT2D eigenvalue weighted by atomic mass is 35.5. The first-order valence-corrected chi connectivity index (χ1v) is 5.69. The summed E-state index contributed by atoms with van der Waals surface area (Å²) < 4.78 is 5.18. The van der Waals surface area contributed by atoms with Crippen molar-refractivity contribution in [3.8, 4) is 5.75 Å². The van der Waals surface area contributed by atoms with Gasteiger partial charge in [0, 0.05) is 12.1 Å². The first-order valence-electron chi connectivity index (χ1n) is 4.93. The molecule has 18 heavy (non-hydrogen) atoms. The van der Waals surface area contributed by atoms with Crippen LogP contribution >= 0.6 is 23.2 Å². The van der Waals surface area contributed by atoms with E-state index < -0.39 is 11.9 Å². The lowest BCUT2D eigenvalue weighted by Crippen LogP contribution is -2.35. The quantitative estimate of drug-likeness (QED) is 0.900. The molecule has 1 rings (SSSR count). The molecule has 0 saturated heterocycles. The van der Waals surface area contributed by atoms with Gasteiger partial charge >= 0.3 is 5.97 Å². The second-order valence-electron chi connectivity index (χ2n) is 3.51. The number of ether oxygens (including phenoxy) is 1. The molecule has 1 aromatic carbocycles. The summed E-state index contributed by atoms with van der Waals surface area (Å²) in [5, 5.41) is 9.27. The molecule has 0 radical (unpaired) electrons. The number of hydrogen-bond donors (Lipinski definition) is 1. The number of hydrogen-bond acceptors (Lipinski definition) is 3. The van der Waals surface area contributed by atoms with E-state index in [1.165, 1.54) is 19.2 Å². The molecule has 0 fully saturated rings. The number of carboxylic acids is 1. The molecule has 0 aliphatic heterocycles. The molecule has 5 nitrogen and oxygen atoms in total. The van der Waals surface area contributed by atoms with Crippen LogP contribution in [0.25, 0.3) is 0 Å². The van der Waals surface area contributed by atoms with E-state index in [0.717, 1.165) is 4.90 Å². The lowest BCUT2D eigenvalue weighted by atomic mass is 10.3. The standard InChI is InChI=1S/C11H11Cl2NO4/c1-14(5-11(16)17)10(15)6-18-9-3-2-7(12)4-8(9)13/h2-4H,5-6H2,1H3,(H,16,17). The number of halogens is 2. The van der Waals surface area contributed by atoms with Gasteiger partial charge in [-0.05, 0) is 18.2 Å². The molecule has 0 atom stereocenters. The summed E-state index contributed by atoms with van der Waals surface area (Å²) in [6.45, 7) is -0.665. The van der Waals surface area contributed by atoms with Crippen LogP contribution in [0.1, 0.15) is 0 Å². The van der Waals surface area contributed by atoms with Crippen LogP contribution in [0.5, 0.6) is 5.75 Å². The van der Waals surface area contributed by atoms with Gasteiger partial charge in [-0.25, -0.2) is 0 Å². The summed E-state index contributed by atoms with van der Waals surface area (Å²) in [7, 11) is 1.38. The van der Waals surface area contributed by atoms with E-state index >= 15 is 0 Å². The lowest BCUT2D eigenvalue weighted by Gasteiger charge is -2.15. The number of carboxylic acid groups (broad SMARTS) is 1. The highest BCUT2D eigenvalue weighted by molar-refractivity contribution is 6.35. The van der Waals surface area contributed by atoms with E-state index in [0.29, 0.717) is 10.8 Å². The fourth-order valence-electron chi connectivity index (χ4n) is 1.13. The molecule has 98 valence electrons. The molecule has 0 aromatic heterocycles. The van der Waals surface area contributed by atoms with Gasteiger partial charge in [0.1, 0.15) is 12.3 Å². The Hall–Kier alpha value is -1.46. The van der Waals surface area contributed by atoms with E-state index in [2.05, 4.69) is 0 Å². The largest absolute Gasteiger partial charge is 0.482 e. The van der Waals surface area contributed by atoms with Crippen molar-refractivity contribution < 1.29 is 19.4 Å². The van der Waals surface area contributed by atoms with Gasteiger partial charge in [-0.2, -0.15) is 0 Å². The Kier molecular flexibility index (Phi) is 5.25. The van der Waals surface area contributed by atoms with Crippen LogP contribution < -0.4 is 4.74 Å². The Labute approximate surface area is 114 Å². The molecule has 1 aromatic rings. The molecule has 1 amide bonds. The van der Waals surface area contributed by atoms with Crippen LogP contribution in [0.3, 0.4) is 0 Å². The summed E-state index contributed by atoms with van der Waals surface area (Å²) in [4.78, 5) is 23.0. The van der Waals surface area contributed by atoms with Crippen molar-refractivity contribution in [2.75, 3.05) is 20.2 Å². The summed E-state index contributed by atoms with van der Waals surface area (Å²) in [5.74, 6) is -1.23. The Balaban J connectivity index is 2.54. The molecular formula is C11H11Cl2NO4. The minimum Gasteiger partial charge on any atom is -0.482 e. The summed E-state index contributed by atoms with van der Waals surface area (Å²) in [6, 6.07) is 4.60. The zero-order valence-corrected chi connectivity index (χ0v) is 11.0. The van der Waals surface area contributed by atoms with Gasteiger partial charge in [-0.3, -0.25) is 9.59 Å². The molecule has 0 bridgehead atoms. The molecule has 0 spiro atoms. The molecule has 0 aliphatic carbocycles. The second kappa shape index (κ2) is 6.47. The van der Waals surface area contributed by atoms with Crippen LogP contribution in [0.15, 0.2) is 18.2 Å². The van der Waals surface area contributed by atoms with Crippen LogP contribution in [0.2, 0.25) is 10.0 Å². The molecule has 1 N–H and O–H groups in total. The number of nitrogens with zero attached hydrogens (tertiary/aromatic N) is 1.